The Balaban J connectivity index is 1.98. The lowest BCUT2D eigenvalue weighted by Crippen LogP contribution is -2.24. The maximum absolute atomic E-state index is 5.75. The molecule has 19 heavy (non-hydrogen) atoms. The summed E-state index contributed by atoms with van der Waals surface area (Å²) in [6.45, 7) is 3.93. The van der Waals surface area contributed by atoms with Crippen molar-refractivity contribution in [3.63, 3.8) is 0 Å². The maximum Gasteiger partial charge on any atom is 0.114 e. The Morgan fingerprint density at radius 3 is 3.21 bits per heavy atom. The van der Waals surface area contributed by atoms with E-state index < -0.39 is 0 Å². The number of hydrogen-bond donors (Lipinski definition) is 1. The Labute approximate surface area is 113 Å². The van der Waals surface area contributed by atoms with E-state index in [0.717, 1.165) is 37.3 Å². The van der Waals surface area contributed by atoms with E-state index in [1.165, 1.54) is 5.56 Å². The van der Waals surface area contributed by atoms with Gasteiger partial charge < -0.3 is 10.1 Å². The molecule has 3 rings (SSSR count). The van der Waals surface area contributed by atoms with Gasteiger partial charge in [-0.15, -0.1) is 0 Å². The molecule has 0 aromatic carbocycles. The quantitative estimate of drug-likeness (QED) is 0.895. The van der Waals surface area contributed by atoms with Crippen LogP contribution < -0.4 is 5.32 Å². The number of aromatic nitrogens is 2. The highest BCUT2D eigenvalue weighted by atomic mass is 16.5. The summed E-state index contributed by atoms with van der Waals surface area (Å²) in [5.74, 6) is 1.03. The van der Waals surface area contributed by atoms with E-state index in [-0.39, 0.29) is 6.04 Å². The molecule has 0 aliphatic carbocycles. The third-order valence-corrected chi connectivity index (χ3v) is 3.38. The van der Waals surface area contributed by atoms with Crippen molar-refractivity contribution < 1.29 is 4.74 Å². The van der Waals surface area contributed by atoms with E-state index in [1.54, 1.807) is 0 Å². The fourth-order valence-corrected chi connectivity index (χ4v) is 2.47. The Morgan fingerprint density at radius 1 is 1.47 bits per heavy atom. The summed E-state index contributed by atoms with van der Waals surface area (Å²) >= 11 is 0. The summed E-state index contributed by atoms with van der Waals surface area (Å²) in [6.07, 6.45) is 8.19. The van der Waals surface area contributed by atoms with Gasteiger partial charge in [0, 0.05) is 18.2 Å². The molecular formula is C15H19N3O. The van der Waals surface area contributed by atoms with Gasteiger partial charge in [-0.1, -0.05) is 13.0 Å². The molecule has 1 unspecified atom stereocenters. The van der Waals surface area contributed by atoms with Crippen LogP contribution in [0, 0.1) is 0 Å². The molecule has 1 aliphatic rings. The van der Waals surface area contributed by atoms with Crippen LogP contribution in [0.25, 0.3) is 5.52 Å². The van der Waals surface area contributed by atoms with Crippen LogP contribution >= 0.6 is 0 Å². The number of hydrogen-bond acceptors (Lipinski definition) is 3. The molecule has 0 radical (unpaired) electrons. The second-order valence-electron chi connectivity index (χ2n) is 4.76. The van der Waals surface area contributed by atoms with Crippen molar-refractivity contribution in [2.24, 2.45) is 0 Å². The molecule has 3 heterocycles. The van der Waals surface area contributed by atoms with Crippen LogP contribution in [-0.2, 0) is 4.74 Å². The van der Waals surface area contributed by atoms with Crippen molar-refractivity contribution in [2.75, 3.05) is 13.2 Å². The smallest absolute Gasteiger partial charge is 0.114 e. The Morgan fingerprint density at radius 2 is 2.42 bits per heavy atom. The Hall–Kier alpha value is -1.81. The first-order valence-electron chi connectivity index (χ1n) is 6.88. The molecule has 0 saturated heterocycles. The predicted octanol–water partition coefficient (Wildman–Crippen LogP) is 2.68. The van der Waals surface area contributed by atoms with Gasteiger partial charge in [-0.25, -0.2) is 4.52 Å². The van der Waals surface area contributed by atoms with E-state index in [2.05, 4.69) is 29.5 Å². The minimum absolute atomic E-state index is 0.113. The van der Waals surface area contributed by atoms with Crippen LogP contribution in [0.4, 0.5) is 0 Å². The zero-order valence-corrected chi connectivity index (χ0v) is 11.2. The second kappa shape index (κ2) is 5.45. The van der Waals surface area contributed by atoms with Crippen molar-refractivity contribution in [1.29, 1.82) is 0 Å². The molecular weight excluding hydrogens is 238 g/mol. The number of fused-ring (bicyclic) bond motifs is 1. The van der Waals surface area contributed by atoms with Crippen molar-refractivity contribution in [3.8, 4) is 0 Å². The SMILES string of the molecule is CCCNC(C1=CCCO1)c1cnn2ccccc12. The van der Waals surface area contributed by atoms with Crippen molar-refractivity contribution in [3.05, 3.63) is 48.0 Å². The fraction of sp³-hybridized carbons (Fsp3) is 0.400. The molecule has 2 aromatic heterocycles. The molecule has 0 bridgehead atoms. The molecule has 1 N–H and O–H groups in total. The van der Waals surface area contributed by atoms with Crippen LogP contribution in [0.5, 0.6) is 0 Å². The maximum atomic E-state index is 5.75. The summed E-state index contributed by atoms with van der Waals surface area (Å²) in [5.41, 5.74) is 2.31. The molecule has 0 fully saturated rings. The van der Waals surface area contributed by atoms with E-state index >= 15 is 0 Å². The number of nitrogens with one attached hydrogen (secondary N) is 1. The van der Waals surface area contributed by atoms with Gasteiger partial charge in [0.1, 0.15) is 5.76 Å². The minimum atomic E-state index is 0.113. The van der Waals surface area contributed by atoms with Gasteiger partial charge in [0.2, 0.25) is 0 Å². The van der Waals surface area contributed by atoms with E-state index in [4.69, 9.17) is 4.74 Å². The van der Waals surface area contributed by atoms with Gasteiger partial charge >= 0.3 is 0 Å². The number of pyridine rings is 1. The summed E-state index contributed by atoms with van der Waals surface area (Å²) in [5, 5.41) is 7.97. The monoisotopic (exact) mass is 257 g/mol. The first-order valence-corrected chi connectivity index (χ1v) is 6.88. The van der Waals surface area contributed by atoms with Crippen LogP contribution in [0.3, 0.4) is 0 Å². The molecule has 1 aliphatic heterocycles. The van der Waals surface area contributed by atoms with Crippen molar-refractivity contribution in [2.45, 2.75) is 25.8 Å². The van der Waals surface area contributed by atoms with Gasteiger partial charge in [0.05, 0.1) is 24.4 Å². The second-order valence-corrected chi connectivity index (χ2v) is 4.76. The molecule has 100 valence electrons. The summed E-state index contributed by atoms with van der Waals surface area (Å²) in [4.78, 5) is 0. The molecule has 0 saturated carbocycles. The molecule has 0 spiro atoms. The van der Waals surface area contributed by atoms with Crippen LogP contribution in [0.15, 0.2) is 42.4 Å². The highest BCUT2D eigenvalue weighted by Crippen LogP contribution is 2.29. The van der Waals surface area contributed by atoms with Crippen molar-refractivity contribution >= 4 is 5.52 Å². The molecule has 4 heteroatoms. The topological polar surface area (TPSA) is 38.6 Å². The zero-order valence-electron chi connectivity index (χ0n) is 11.2. The van der Waals surface area contributed by atoms with Crippen molar-refractivity contribution in [1.82, 2.24) is 14.9 Å². The lowest BCUT2D eigenvalue weighted by atomic mass is 10.1. The van der Waals surface area contributed by atoms with E-state index in [9.17, 15) is 0 Å². The largest absolute Gasteiger partial charge is 0.496 e. The van der Waals surface area contributed by atoms with Gasteiger partial charge in [-0.05, 0) is 31.2 Å². The summed E-state index contributed by atoms with van der Waals surface area (Å²) < 4.78 is 7.65. The highest BCUT2D eigenvalue weighted by Gasteiger charge is 2.23. The van der Waals surface area contributed by atoms with E-state index in [1.807, 2.05) is 29.0 Å². The third kappa shape index (κ3) is 2.36. The predicted molar refractivity (Wildman–Crippen MR) is 74.9 cm³/mol. The molecule has 2 aromatic rings. The van der Waals surface area contributed by atoms with Crippen LogP contribution in [0.2, 0.25) is 0 Å². The number of ether oxygens (including phenoxy) is 1. The lowest BCUT2D eigenvalue weighted by molar-refractivity contribution is 0.215. The molecule has 4 nitrogen and oxygen atoms in total. The highest BCUT2D eigenvalue weighted by molar-refractivity contribution is 5.56. The average molecular weight is 257 g/mol. The Bertz CT molecular complexity index is 588. The van der Waals surface area contributed by atoms with Gasteiger partial charge in [-0.3, -0.25) is 0 Å². The lowest BCUT2D eigenvalue weighted by Gasteiger charge is -2.19. The summed E-state index contributed by atoms with van der Waals surface area (Å²) in [6, 6.07) is 6.24. The third-order valence-electron chi connectivity index (χ3n) is 3.38. The minimum Gasteiger partial charge on any atom is -0.496 e. The standard InChI is InChI=1S/C15H19N3O/c1-2-8-16-15(14-7-5-10-19-14)12-11-17-18-9-4-3-6-13(12)18/h3-4,6-7,9,11,15-16H,2,5,8,10H2,1H3. The number of nitrogens with zero attached hydrogens (tertiary/aromatic N) is 2. The first-order chi connectivity index (χ1) is 9.40. The van der Waals surface area contributed by atoms with Gasteiger partial charge in [-0.2, -0.15) is 5.10 Å². The summed E-state index contributed by atoms with van der Waals surface area (Å²) in [7, 11) is 0. The first kappa shape index (κ1) is 12.2. The molecule has 1 atom stereocenters. The van der Waals surface area contributed by atoms with Crippen LogP contribution in [-0.4, -0.2) is 22.8 Å². The Kier molecular flexibility index (Phi) is 3.51. The average Bonchev–Trinajstić information content (AvgIpc) is 3.09. The fourth-order valence-electron chi connectivity index (χ4n) is 2.47. The molecule has 0 amide bonds. The van der Waals surface area contributed by atoms with E-state index in [0.29, 0.717) is 0 Å². The zero-order chi connectivity index (χ0) is 13.1. The number of rotatable bonds is 5. The van der Waals surface area contributed by atoms with Crippen LogP contribution in [0.1, 0.15) is 31.4 Å². The normalized spacial score (nSPS) is 16.4. The van der Waals surface area contributed by atoms with Gasteiger partial charge in [0.15, 0.2) is 0 Å². The van der Waals surface area contributed by atoms with Gasteiger partial charge in [0.25, 0.3) is 0 Å².